The molecular weight excluding hydrogens is 356 g/mol. The highest BCUT2D eigenvalue weighted by molar-refractivity contribution is 5.89. The van der Waals surface area contributed by atoms with E-state index < -0.39 is 5.97 Å². The minimum Gasteiger partial charge on any atom is -0.458 e. The lowest BCUT2D eigenvalue weighted by molar-refractivity contribution is -0.163. The van der Waals surface area contributed by atoms with Crippen LogP contribution in [0.25, 0.3) is 0 Å². The summed E-state index contributed by atoms with van der Waals surface area (Å²) in [5.41, 5.74) is -0.298. The zero-order valence-electron chi connectivity index (χ0n) is 17.4. The zero-order valence-corrected chi connectivity index (χ0v) is 17.4. The molecular formula is C23H34O5. The number of ketones is 2. The van der Waals surface area contributed by atoms with Crippen LogP contribution in [0.3, 0.4) is 0 Å². The van der Waals surface area contributed by atoms with Gasteiger partial charge in [-0.1, -0.05) is 13.8 Å². The summed E-state index contributed by atoms with van der Waals surface area (Å²) in [4.78, 5) is 37.4. The molecule has 4 fully saturated rings. The van der Waals surface area contributed by atoms with Gasteiger partial charge in [0.1, 0.15) is 12.4 Å². The molecule has 1 N–H and O–H groups in total. The summed E-state index contributed by atoms with van der Waals surface area (Å²) in [5.74, 6) is 0.971. The molecule has 4 aliphatic rings. The topological polar surface area (TPSA) is 80.7 Å². The fourth-order valence-electron chi connectivity index (χ4n) is 7.85. The molecule has 5 nitrogen and oxygen atoms in total. The highest BCUT2D eigenvalue weighted by atomic mass is 16.5. The lowest BCUT2D eigenvalue weighted by Gasteiger charge is -2.59. The number of carbonyl (C=O) groups is 3. The second-order valence-corrected chi connectivity index (χ2v) is 10.5. The summed E-state index contributed by atoms with van der Waals surface area (Å²) in [6, 6.07) is 0. The summed E-state index contributed by atoms with van der Waals surface area (Å²) in [6.07, 6.45) is 6.74. The van der Waals surface area contributed by atoms with Crippen LogP contribution in [-0.2, 0) is 19.1 Å². The van der Waals surface area contributed by atoms with Crippen molar-refractivity contribution in [3.8, 4) is 0 Å². The number of hydrogen-bond donors (Lipinski definition) is 1. The van der Waals surface area contributed by atoms with E-state index in [1.807, 2.05) is 0 Å². The van der Waals surface area contributed by atoms with Crippen molar-refractivity contribution in [3.05, 3.63) is 0 Å². The molecule has 6 unspecified atom stereocenters. The second kappa shape index (κ2) is 6.93. The van der Waals surface area contributed by atoms with Gasteiger partial charge < -0.3 is 9.84 Å². The Hall–Kier alpha value is -1.23. The third-order valence-electron chi connectivity index (χ3n) is 9.13. The fraction of sp³-hybridized carbons (Fsp3) is 0.870. The first-order valence-corrected chi connectivity index (χ1v) is 11.0. The van der Waals surface area contributed by atoms with Crippen molar-refractivity contribution in [2.75, 3.05) is 6.61 Å². The third kappa shape index (κ3) is 2.96. The van der Waals surface area contributed by atoms with Gasteiger partial charge in [-0.3, -0.25) is 14.4 Å². The summed E-state index contributed by atoms with van der Waals surface area (Å²) >= 11 is 0. The third-order valence-corrected chi connectivity index (χ3v) is 9.13. The molecule has 0 aromatic rings. The Bertz CT molecular complexity index is 686. The number of esters is 1. The van der Waals surface area contributed by atoms with Crippen LogP contribution in [0.15, 0.2) is 0 Å². The molecule has 0 radical (unpaired) electrons. The van der Waals surface area contributed by atoms with Crippen LogP contribution in [0.1, 0.15) is 72.1 Å². The van der Waals surface area contributed by atoms with Gasteiger partial charge in [-0.25, -0.2) is 0 Å². The first-order chi connectivity index (χ1) is 13.2. The molecule has 156 valence electrons. The van der Waals surface area contributed by atoms with Gasteiger partial charge in [0.25, 0.3) is 0 Å². The number of fused-ring (bicyclic) bond motifs is 5. The highest BCUT2D eigenvalue weighted by Gasteiger charge is 2.64. The Morgan fingerprint density at radius 3 is 2.57 bits per heavy atom. The Morgan fingerprint density at radius 2 is 1.86 bits per heavy atom. The smallest absolute Gasteiger partial charge is 0.303 e. The van der Waals surface area contributed by atoms with Gasteiger partial charge in [0.15, 0.2) is 5.78 Å². The number of aliphatic hydroxyl groups is 1. The van der Waals surface area contributed by atoms with Crippen molar-refractivity contribution in [2.24, 2.45) is 40.4 Å². The Kier molecular flexibility index (Phi) is 4.96. The average Bonchev–Trinajstić information content (AvgIpc) is 2.96. The van der Waals surface area contributed by atoms with Crippen molar-refractivity contribution in [2.45, 2.75) is 78.2 Å². The van der Waals surface area contributed by atoms with Gasteiger partial charge in [0, 0.05) is 25.2 Å². The Morgan fingerprint density at radius 1 is 1.11 bits per heavy atom. The predicted molar refractivity (Wildman–Crippen MR) is 103 cm³/mol. The van der Waals surface area contributed by atoms with Crippen molar-refractivity contribution >= 4 is 17.5 Å². The maximum atomic E-state index is 13.5. The van der Waals surface area contributed by atoms with Crippen LogP contribution in [-0.4, -0.2) is 35.4 Å². The monoisotopic (exact) mass is 390 g/mol. The molecule has 0 bridgehead atoms. The van der Waals surface area contributed by atoms with E-state index in [2.05, 4.69) is 13.8 Å². The van der Waals surface area contributed by atoms with E-state index in [0.717, 1.165) is 44.9 Å². The number of rotatable bonds is 3. The number of Topliss-reactive ketones (excluding diaryl/α,β-unsaturated/α-hetero) is 2. The number of ether oxygens (including phenoxy) is 1. The molecule has 0 spiro atoms. The minimum absolute atomic E-state index is 0.000393. The van der Waals surface area contributed by atoms with E-state index in [1.165, 1.54) is 6.92 Å². The van der Waals surface area contributed by atoms with Gasteiger partial charge in [-0.15, -0.1) is 0 Å². The summed E-state index contributed by atoms with van der Waals surface area (Å²) < 4.78 is 4.97. The normalized spacial score (nSPS) is 47.6. The van der Waals surface area contributed by atoms with Crippen molar-refractivity contribution in [3.63, 3.8) is 0 Å². The minimum atomic E-state index is -0.432. The van der Waals surface area contributed by atoms with Crippen LogP contribution >= 0.6 is 0 Å². The van der Waals surface area contributed by atoms with E-state index >= 15 is 0 Å². The predicted octanol–water partition coefficient (Wildman–Crippen LogP) is 3.32. The molecule has 0 amide bonds. The number of aliphatic hydroxyl groups excluding tert-OH is 1. The largest absolute Gasteiger partial charge is 0.458 e. The van der Waals surface area contributed by atoms with Crippen LogP contribution in [0.5, 0.6) is 0 Å². The maximum absolute atomic E-state index is 13.5. The van der Waals surface area contributed by atoms with Gasteiger partial charge in [-0.2, -0.15) is 0 Å². The summed E-state index contributed by atoms with van der Waals surface area (Å²) in [6.45, 7) is 5.58. The van der Waals surface area contributed by atoms with Crippen molar-refractivity contribution in [1.82, 2.24) is 0 Å². The molecule has 28 heavy (non-hydrogen) atoms. The number of carbonyl (C=O) groups excluding carboxylic acids is 3. The molecule has 0 aromatic heterocycles. The Balaban J connectivity index is 1.58. The average molecular weight is 391 g/mol. The van der Waals surface area contributed by atoms with Crippen LogP contribution in [0, 0.1) is 40.4 Å². The van der Waals surface area contributed by atoms with E-state index in [0.29, 0.717) is 30.0 Å². The first-order valence-electron chi connectivity index (χ1n) is 11.0. The number of hydrogen-bond acceptors (Lipinski definition) is 5. The summed E-state index contributed by atoms with van der Waals surface area (Å²) in [7, 11) is 0. The maximum Gasteiger partial charge on any atom is 0.303 e. The van der Waals surface area contributed by atoms with E-state index in [9.17, 15) is 19.5 Å². The van der Waals surface area contributed by atoms with Gasteiger partial charge in [0.05, 0.1) is 6.10 Å². The standard InChI is InChI=1S/C23H34O5/c1-13(24)28-12-20(27)18-7-6-17-16-5-4-14-10-15(25)8-9-22(14,2)21(16)19(26)11-23(17,18)3/h14-18,21,25H,4-12H2,1-3H3/t14-,15+,16?,17?,18?,21?,22?,23?/m0/s1. The van der Waals surface area contributed by atoms with E-state index in [-0.39, 0.29) is 41.2 Å². The lowest BCUT2D eigenvalue weighted by Crippen LogP contribution is -2.58. The summed E-state index contributed by atoms with van der Waals surface area (Å²) in [5, 5.41) is 10.1. The van der Waals surface area contributed by atoms with Crippen molar-refractivity contribution in [1.29, 1.82) is 0 Å². The van der Waals surface area contributed by atoms with Crippen molar-refractivity contribution < 1.29 is 24.2 Å². The second-order valence-electron chi connectivity index (χ2n) is 10.5. The van der Waals surface area contributed by atoms with E-state index in [1.54, 1.807) is 0 Å². The highest BCUT2D eigenvalue weighted by Crippen LogP contribution is 2.66. The fourth-order valence-corrected chi connectivity index (χ4v) is 7.85. The molecule has 0 saturated heterocycles. The van der Waals surface area contributed by atoms with E-state index in [4.69, 9.17) is 4.74 Å². The molecule has 0 aliphatic heterocycles. The Labute approximate surface area is 167 Å². The van der Waals surface area contributed by atoms with Gasteiger partial charge in [0.2, 0.25) is 0 Å². The first kappa shape index (κ1) is 20.1. The van der Waals surface area contributed by atoms with Gasteiger partial charge >= 0.3 is 5.97 Å². The molecule has 4 aliphatic carbocycles. The van der Waals surface area contributed by atoms with Crippen LogP contribution in [0.4, 0.5) is 0 Å². The molecule has 8 atom stereocenters. The molecule has 5 heteroatoms. The zero-order chi connectivity index (χ0) is 20.3. The molecule has 4 saturated carbocycles. The van der Waals surface area contributed by atoms with Crippen LogP contribution in [0.2, 0.25) is 0 Å². The SMILES string of the molecule is CC(=O)OCC(=O)C1CCC2C3CC[C@H]4C[C@H](O)CCC4(C)C3C(=O)CC12C. The molecule has 0 heterocycles. The lowest BCUT2D eigenvalue weighted by atomic mass is 9.44. The molecule has 4 rings (SSSR count). The quantitative estimate of drug-likeness (QED) is 0.748. The molecule has 0 aromatic carbocycles. The van der Waals surface area contributed by atoms with Gasteiger partial charge in [-0.05, 0) is 73.5 Å². The van der Waals surface area contributed by atoms with Crippen LogP contribution < -0.4 is 0 Å².